The van der Waals surface area contributed by atoms with E-state index in [0.717, 1.165) is 57.4 Å². The average Bonchev–Trinajstić information content (AvgIpc) is 2.68. The summed E-state index contributed by atoms with van der Waals surface area (Å²) >= 11 is 0. The lowest BCUT2D eigenvalue weighted by Crippen LogP contribution is -2.53. The van der Waals surface area contributed by atoms with Crippen molar-refractivity contribution >= 4 is 11.8 Å². The van der Waals surface area contributed by atoms with Crippen LogP contribution in [0.3, 0.4) is 0 Å². The van der Waals surface area contributed by atoms with Gasteiger partial charge >= 0.3 is 0 Å². The molecule has 2 saturated heterocycles. The van der Waals surface area contributed by atoms with Gasteiger partial charge in [-0.25, -0.2) is 0 Å². The summed E-state index contributed by atoms with van der Waals surface area (Å²) in [5.41, 5.74) is 1.33. The number of rotatable bonds is 6. The highest BCUT2D eigenvalue weighted by atomic mass is 16.5. The molecule has 0 saturated carbocycles. The Balaban J connectivity index is 1.51. The topological polar surface area (TPSA) is 62.7 Å². The summed E-state index contributed by atoms with van der Waals surface area (Å²) < 4.78 is 5.45. The Hall–Kier alpha value is -1.95. The van der Waals surface area contributed by atoms with Crippen molar-refractivity contribution in [2.45, 2.75) is 52.1 Å². The van der Waals surface area contributed by atoms with Crippen molar-refractivity contribution in [3.05, 3.63) is 30.1 Å². The molecule has 0 bridgehead atoms. The van der Waals surface area contributed by atoms with Gasteiger partial charge in [-0.3, -0.25) is 14.6 Å². The summed E-state index contributed by atoms with van der Waals surface area (Å²) in [5.74, 6) is 0.340. The standard InChI is InChI=1S/C21H31N3O3/c1-17(2)27-15-20(26)23-12-8-21(9-13-23)7-5-19(25)24(16-21)11-6-18-4-3-10-22-14-18/h3-4,10,14,17H,5-9,11-13,15-16H2,1-2H3. The van der Waals surface area contributed by atoms with Gasteiger partial charge in [0.1, 0.15) is 6.61 Å². The molecule has 1 aromatic heterocycles. The van der Waals surface area contributed by atoms with Gasteiger partial charge in [0, 0.05) is 45.0 Å². The number of carbonyl (C=O) groups is 2. The Bertz CT molecular complexity index is 639. The average molecular weight is 373 g/mol. The molecule has 0 radical (unpaired) electrons. The van der Waals surface area contributed by atoms with Crippen molar-refractivity contribution in [2.24, 2.45) is 5.41 Å². The van der Waals surface area contributed by atoms with Gasteiger partial charge in [-0.05, 0) is 56.6 Å². The molecule has 2 amide bonds. The van der Waals surface area contributed by atoms with Crippen molar-refractivity contribution in [1.29, 1.82) is 0 Å². The van der Waals surface area contributed by atoms with Gasteiger partial charge in [0.05, 0.1) is 6.10 Å². The van der Waals surface area contributed by atoms with Crippen LogP contribution in [-0.4, -0.2) is 65.5 Å². The fourth-order valence-corrected chi connectivity index (χ4v) is 4.08. The maximum atomic E-state index is 12.4. The normalized spacial score (nSPS) is 19.7. The van der Waals surface area contributed by atoms with E-state index in [4.69, 9.17) is 4.74 Å². The van der Waals surface area contributed by atoms with Gasteiger partial charge < -0.3 is 14.5 Å². The fourth-order valence-electron chi connectivity index (χ4n) is 4.08. The zero-order valence-corrected chi connectivity index (χ0v) is 16.5. The molecular formula is C21H31N3O3. The predicted octanol–water partition coefficient (Wildman–Crippen LogP) is 2.28. The smallest absolute Gasteiger partial charge is 0.248 e. The summed E-state index contributed by atoms with van der Waals surface area (Å²) in [6, 6.07) is 3.99. The van der Waals surface area contributed by atoms with E-state index in [1.807, 2.05) is 35.9 Å². The van der Waals surface area contributed by atoms with E-state index < -0.39 is 0 Å². The SMILES string of the molecule is CC(C)OCC(=O)N1CCC2(CCC(=O)N(CCc3cccnc3)C2)CC1. The van der Waals surface area contributed by atoms with E-state index in [1.54, 1.807) is 6.20 Å². The Morgan fingerprint density at radius 1 is 1.30 bits per heavy atom. The van der Waals surface area contributed by atoms with E-state index >= 15 is 0 Å². The minimum absolute atomic E-state index is 0.0720. The van der Waals surface area contributed by atoms with Crippen molar-refractivity contribution in [1.82, 2.24) is 14.8 Å². The predicted molar refractivity (Wildman–Crippen MR) is 103 cm³/mol. The molecule has 2 aliphatic rings. The second-order valence-electron chi connectivity index (χ2n) is 8.17. The molecule has 0 N–H and O–H groups in total. The number of piperidine rings is 2. The van der Waals surface area contributed by atoms with Crippen LogP contribution in [-0.2, 0) is 20.7 Å². The van der Waals surface area contributed by atoms with Crippen molar-refractivity contribution < 1.29 is 14.3 Å². The van der Waals surface area contributed by atoms with Crippen LogP contribution < -0.4 is 0 Å². The third-order valence-corrected chi connectivity index (χ3v) is 5.86. The lowest BCUT2D eigenvalue weighted by atomic mass is 9.72. The molecule has 1 spiro atoms. The number of ether oxygens (including phenoxy) is 1. The first-order valence-electron chi connectivity index (χ1n) is 10.0. The molecule has 148 valence electrons. The first-order chi connectivity index (χ1) is 13.0. The highest BCUT2D eigenvalue weighted by molar-refractivity contribution is 5.78. The van der Waals surface area contributed by atoms with E-state index in [1.165, 1.54) is 0 Å². The van der Waals surface area contributed by atoms with Gasteiger partial charge in [0.15, 0.2) is 0 Å². The Morgan fingerprint density at radius 2 is 2.07 bits per heavy atom. The van der Waals surface area contributed by atoms with Crippen molar-refractivity contribution in [2.75, 3.05) is 32.8 Å². The molecule has 1 aromatic rings. The zero-order valence-electron chi connectivity index (χ0n) is 16.5. The summed E-state index contributed by atoms with van der Waals surface area (Å²) in [5, 5.41) is 0. The summed E-state index contributed by atoms with van der Waals surface area (Å²) in [7, 11) is 0. The van der Waals surface area contributed by atoms with Crippen LogP contribution in [0.1, 0.15) is 45.1 Å². The Morgan fingerprint density at radius 3 is 2.74 bits per heavy atom. The molecule has 6 nitrogen and oxygen atoms in total. The van der Waals surface area contributed by atoms with Crippen LogP contribution in [0.15, 0.2) is 24.5 Å². The maximum absolute atomic E-state index is 12.4. The number of hydrogen-bond donors (Lipinski definition) is 0. The Labute approximate surface area is 161 Å². The van der Waals surface area contributed by atoms with Crippen LogP contribution >= 0.6 is 0 Å². The first-order valence-corrected chi connectivity index (χ1v) is 10.0. The molecule has 2 fully saturated rings. The zero-order chi connectivity index (χ0) is 19.3. The highest BCUT2D eigenvalue weighted by Crippen LogP contribution is 2.40. The molecule has 27 heavy (non-hydrogen) atoms. The highest BCUT2D eigenvalue weighted by Gasteiger charge is 2.41. The molecule has 6 heteroatoms. The van der Waals surface area contributed by atoms with Crippen LogP contribution in [0.2, 0.25) is 0 Å². The molecule has 0 aromatic carbocycles. The van der Waals surface area contributed by atoms with Gasteiger partial charge in [-0.15, -0.1) is 0 Å². The number of pyridine rings is 1. The van der Waals surface area contributed by atoms with Crippen molar-refractivity contribution in [3.8, 4) is 0 Å². The Kier molecular flexibility index (Phi) is 6.47. The second kappa shape index (κ2) is 8.83. The van der Waals surface area contributed by atoms with Crippen LogP contribution in [0.5, 0.6) is 0 Å². The molecule has 0 unspecified atom stereocenters. The van der Waals surface area contributed by atoms with E-state index in [0.29, 0.717) is 6.42 Å². The first kappa shape index (κ1) is 19.8. The number of aromatic nitrogens is 1. The number of likely N-dealkylation sites (tertiary alicyclic amines) is 2. The minimum Gasteiger partial charge on any atom is -0.369 e. The molecule has 0 atom stereocenters. The summed E-state index contributed by atoms with van der Waals surface area (Å²) in [6.07, 6.45) is 8.06. The van der Waals surface area contributed by atoms with Gasteiger partial charge in [-0.2, -0.15) is 0 Å². The van der Waals surface area contributed by atoms with Gasteiger partial charge in [0.25, 0.3) is 0 Å². The fraction of sp³-hybridized carbons (Fsp3) is 0.667. The maximum Gasteiger partial charge on any atom is 0.248 e. The molecular weight excluding hydrogens is 342 g/mol. The van der Waals surface area contributed by atoms with Crippen molar-refractivity contribution in [3.63, 3.8) is 0 Å². The third-order valence-electron chi connectivity index (χ3n) is 5.86. The largest absolute Gasteiger partial charge is 0.369 e. The van der Waals surface area contributed by atoms with E-state index in [-0.39, 0.29) is 29.9 Å². The number of hydrogen-bond acceptors (Lipinski definition) is 4. The molecule has 3 heterocycles. The minimum atomic E-state index is 0.0720. The van der Waals surface area contributed by atoms with Gasteiger partial charge in [0.2, 0.25) is 11.8 Å². The lowest BCUT2D eigenvalue weighted by Gasteiger charge is -2.47. The van der Waals surface area contributed by atoms with Crippen LogP contribution in [0.25, 0.3) is 0 Å². The van der Waals surface area contributed by atoms with Crippen LogP contribution in [0, 0.1) is 5.41 Å². The summed E-state index contributed by atoms with van der Waals surface area (Å²) in [4.78, 5) is 32.8. The van der Waals surface area contributed by atoms with E-state index in [9.17, 15) is 9.59 Å². The molecule has 2 aliphatic heterocycles. The third kappa shape index (κ3) is 5.28. The van der Waals surface area contributed by atoms with Gasteiger partial charge in [-0.1, -0.05) is 6.07 Å². The van der Waals surface area contributed by atoms with Crippen LogP contribution in [0.4, 0.5) is 0 Å². The lowest BCUT2D eigenvalue weighted by molar-refractivity contribution is -0.145. The number of nitrogens with zero attached hydrogens (tertiary/aromatic N) is 3. The monoisotopic (exact) mass is 373 g/mol. The summed E-state index contributed by atoms with van der Waals surface area (Å²) in [6.45, 7) is 7.15. The molecule has 3 rings (SSSR count). The molecule has 0 aliphatic carbocycles. The quantitative estimate of drug-likeness (QED) is 0.767. The van der Waals surface area contributed by atoms with E-state index in [2.05, 4.69) is 11.1 Å². The second-order valence-corrected chi connectivity index (χ2v) is 8.17. The number of carbonyl (C=O) groups excluding carboxylic acids is 2. The number of amides is 2.